The Balaban J connectivity index is 2.20. The summed E-state index contributed by atoms with van der Waals surface area (Å²) in [5.74, 6) is 1.11. The van der Waals surface area contributed by atoms with Crippen LogP contribution in [0.4, 0.5) is 0 Å². The van der Waals surface area contributed by atoms with Crippen LogP contribution in [-0.4, -0.2) is 21.9 Å². The number of hydrogen-bond donors (Lipinski definition) is 1. The molecule has 1 aliphatic rings. The summed E-state index contributed by atoms with van der Waals surface area (Å²) in [7, 11) is 0. The minimum Gasteiger partial charge on any atom is -0.328 e. The third kappa shape index (κ3) is 1.27. The summed E-state index contributed by atoms with van der Waals surface area (Å²) in [6.45, 7) is 1.07. The third-order valence-corrected chi connectivity index (χ3v) is 3.12. The van der Waals surface area contributed by atoms with Gasteiger partial charge < -0.3 is 10.3 Å². The number of aromatic nitrogens is 2. The second kappa shape index (κ2) is 3.42. The Morgan fingerprint density at radius 2 is 2.38 bits per heavy atom. The highest BCUT2D eigenvalue weighted by molar-refractivity contribution is 6.00. The van der Waals surface area contributed by atoms with E-state index in [2.05, 4.69) is 9.55 Å². The quantitative estimate of drug-likeness (QED) is 0.764. The largest absolute Gasteiger partial charge is 0.328 e. The predicted octanol–water partition coefficient (Wildman–Crippen LogP) is 1.12. The lowest BCUT2D eigenvalue weighted by atomic mass is 10.1. The number of carbonyl (C=O) groups is 1. The van der Waals surface area contributed by atoms with Gasteiger partial charge in [-0.25, -0.2) is 4.98 Å². The zero-order valence-electron chi connectivity index (χ0n) is 8.94. The Labute approximate surface area is 93.1 Å². The SMILES string of the molecule is NCC(=O)c1ccc2nc3n(c2c1)CCC3. The number of Topliss-reactive ketones (excluding diaryl/α,β-unsaturated/α-hetero) is 1. The average Bonchev–Trinajstić information content (AvgIpc) is 2.87. The summed E-state index contributed by atoms with van der Waals surface area (Å²) in [5, 5.41) is 0. The molecule has 0 spiro atoms. The fraction of sp³-hybridized carbons (Fsp3) is 0.333. The number of nitrogens with zero attached hydrogens (tertiary/aromatic N) is 2. The van der Waals surface area contributed by atoms with Crippen LogP contribution in [0.5, 0.6) is 0 Å². The van der Waals surface area contributed by atoms with Crippen molar-refractivity contribution in [1.29, 1.82) is 0 Å². The highest BCUT2D eigenvalue weighted by Gasteiger charge is 2.16. The molecule has 0 fully saturated rings. The van der Waals surface area contributed by atoms with Crippen LogP contribution < -0.4 is 5.73 Å². The molecule has 1 aromatic carbocycles. The molecule has 4 heteroatoms. The topological polar surface area (TPSA) is 60.9 Å². The van der Waals surface area contributed by atoms with Gasteiger partial charge in [-0.05, 0) is 24.6 Å². The van der Waals surface area contributed by atoms with E-state index in [0.29, 0.717) is 5.56 Å². The highest BCUT2D eigenvalue weighted by atomic mass is 16.1. The van der Waals surface area contributed by atoms with Crippen LogP contribution in [0.3, 0.4) is 0 Å². The van der Waals surface area contributed by atoms with E-state index in [1.54, 1.807) is 6.07 Å². The monoisotopic (exact) mass is 215 g/mol. The van der Waals surface area contributed by atoms with Crippen molar-refractivity contribution in [3.63, 3.8) is 0 Å². The van der Waals surface area contributed by atoms with Crippen LogP contribution in [0, 0.1) is 0 Å². The van der Waals surface area contributed by atoms with Crippen molar-refractivity contribution in [2.24, 2.45) is 5.73 Å². The molecule has 0 aliphatic carbocycles. The molecule has 0 unspecified atom stereocenters. The minimum atomic E-state index is -0.0181. The molecule has 2 aromatic rings. The minimum absolute atomic E-state index is 0.0181. The summed E-state index contributed by atoms with van der Waals surface area (Å²) in [6.07, 6.45) is 2.18. The van der Waals surface area contributed by atoms with Gasteiger partial charge in [0.05, 0.1) is 17.6 Å². The van der Waals surface area contributed by atoms with Crippen molar-refractivity contribution in [1.82, 2.24) is 9.55 Å². The van der Waals surface area contributed by atoms with Crippen LogP contribution in [-0.2, 0) is 13.0 Å². The number of aryl methyl sites for hydroxylation is 2. The maximum Gasteiger partial charge on any atom is 0.176 e. The smallest absolute Gasteiger partial charge is 0.176 e. The summed E-state index contributed by atoms with van der Waals surface area (Å²) in [5.41, 5.74) is 8.09. The molecule has 1 aliphatic heterocycles. The summed E-state index contributed by atoms with van der Waals surface area (Å²) >= 11 is 0. The molecule has 2 heterocycles. The van der Waals surface area contributed by atoms with E-state index in [9.17, 15) is 4.79 Å². The van der Waals surface area contributed by atoms with Crippen molar-refractivity contribution < 1.29 is 4.79 Å². The van der Waals surface area contributed by atoms with Gasteiger partial charge in [-0.2, -0.15) is 0 Å². The average molecular weight is 215 g/mol. The van der Waals surface area contributed by atoms with Crippen LogP contribution in [0.1, 0.15) is 22.6 Å². The van der Waals surface area contributed by atoms with Gasteiger partial charge in [0.25, 0.3) is 0 Å². The Hall–Kier alpha value is -1.68. The van der Waals surface area contributed by atoms with E-state index in [0.717, 1.165) is 36.2 Å². The van der Waals surface area contributed by atoms with Crippen LogP contribution >= 0.6 is 0 Å². The molecule has 3 rings (SSSR count). The van der Waals surface area contributed by atoms with Crippen LogP contribution in [0.15, 0.2) is 18.2 Å². The third-order valence-electron chi connectivity index (χ3n) is 3.12. The molecular formula is C12H13N3O. The molecule has 0 bridgehead atoms. The first-order chi connectivity index (χ1) is 7.79. The van der Waals surface area contributed by atoms with Gasteiger partial charge >= 0.3 is 0 Å². The van der Waals surface area contributed by atoms with Gasteiger partial charge in [0.15, 0.2) is 5.78 Å². The highest BCUT2D eigenvalue weighted by Crippen LogP contribution is 2.23. The Kier molecular flexibility index (Phi) is 2.04. The maximum absolute atomic E-state index is 11.5. The fourth-order valence-corrected chi connectivity index (χ4v) is 2.30. The van der Waals surface area contributed by atoms with E-state index >= 15 is 0 Å². The second-order valence-corrected chi connectivity index (χ2v) is 4.11. The lowest BCUT2D eigenvalue weighted by molar-refractivity contribution is 0.100. The Morgan fingerprint density at radius 3 is 3.19 bits per heavy atom. The van der Waals surface area contributed by atoms with Gasteiger partial charge in [0, 0.05) is 18.5 Å². The van der Waals surface area contributed by atoms with Crippen LogP contribution in [0.2, 0.25) is 0 Å². The van der Waals surface area contributed by atoms with Gasteiger partial charge in [-0.3, -0.25) is 4.79 Å². The predicted molar refractivity (Wildman–Crippen MR) is 61.4 cm³/mol. The van der Waals surface area contributed by atoms with Gasteiger partial charge in [-0.1, -0.05) is 0 Å². The standard InChI is InChI=1S/C12H13N3O/c13-7-11(16)8-3-4-9-10(6-8)15-5-1-2-12(15)14-9/h3-4,6H,1-2,5,7,13H2. The molecular weight excluding hydrogens is 202 g/mol. The summed E-state index contributed by atoms with van der Waals surface area (Å²) in [6, 6.07) is 5.62. The molecule has 0 atom stereocenters. The molecule has 82 valence electrons. The number of imidazole rings is 1. The number of rotatable bonds is 2. The first-order valence-corrected chi connectivity index (χ1v) is 5.52. The van der Waals surface area contributed by atoms with E-state index in [4.69, 9.17) is 5.73 Å². The van der Waals surface area contributed by atoms with Crippen molar-refractivity contribution in [3.05, 3.63) is 29.6 Å². The molecule has 0 amide bonds. The van der Waals surface area contributed by atoms with Crippen molar-refractivity contribution in [2.45, 2.75) is 19.4 Å². The first-order valence-electron chi connectivity index (χ1n) is 5.52. The zero-order chi connectivity index (χ0) is 11.1. The van der Waals surface area contributed by atoms with E-state index in [1.807, 2.05) is 12.1 Å². The summed E-state index contributed by atoms with van der Waals surface area (Å²) < 4.78 is 2.20. The molecule has 0 saturated carbocycles. The zero-order valence-corrected chi connectivity index (χ0v) is 8.94. The summed E-state index contributed by atoms with van der Waals surface area (Å²) in [4.78, 5) is 16.1. The number of hydrogen-bond acceptors (Lipinski definition) is 3. The van der Waals surface area contributed by atoms with Gasteiger partial charge in [0.1, 0.15) is 5.82 Å². The Bertz CT molecular complexity index is 571. The first kappa shape index (κ1) is 9.54. The molecule has 2 N–H and O–H groups in total. The van der Waals surface area contributed by atoms with Crippen LogP contribution in [0.25, 0.3) is 11.0 Å². The molecule has 16 heavy (non-hydrogen) atoms. The number of benzene rings is 1. The van der Waals surface area contributed by atoms with Crippen molar-refractivity contribution in [3.8, 4) is 0 Å². The second-order valence-electron chi connectivity index (χ2n) is 4.11. The normalized spacial score (nSPS) is 14.3. The van der Waals surface area contributed by atoms with Gasteiger partial charge in [-0.15, -0.1) is 0 Å². The lowest BCUT2D eigenvalue weighted by Crippen LogP contribution is -2.13. The number of fused-ring (bicyclic) bond motifs is 3. The van der Waals surface area contributed by atoms with Crippen molar-refractivity contribution in [2.75, 3.05) is 6.54 Å². The number of carbonyl (C=O) groups excluding carboxylic acids is 1. The molecule has 0 radical (unpaired) electrons. The van der Waals surface area contributed by atoms with E-state index in [1.165, 1.54) is 0 Å². The lowest BCUT2D eigenvalue weighted by Gasteiger charge is -2.01. The Morgan fingerprint density at radius 1 is 1.50 bits per heavy atom. The van der Waals surface area contributed by atoms with E-state index in [-0.39, 0.29) is 12.3 Å². The fourth-order valence-electron chi connectivity index (χ4n) is 2.30. The maximum atomic E-state index is 11.5. The molecule has 0 saturated heterocycles. The van der Waals surface area contributed by atoms with Gasteiger partial charge in [0.2, 0.25) is 0 Å². The number of nitrogens with two attached hydrogens (primary N) is 1. The molecule has 1 aromatic heterocycles. The van der Waals surface area contributed by atoms with E-state index < -0.39 is 0 Å². The van der Waals surface area contributed by atoms with Crippen molar-refractivity contribution >= 4 is 16.8 Å². The number of ketones is 1. The molecule has 4 nitrogen and oxygen atoms in total.